The van der Waals surface area contributed by atoms with E-state index < -0.39 is 0 Å². The van der Waals surface area contributed by atoms with Crippen LogP contribution in [0.25, 0.3) is 0 Å². The van der Waals surface area contributed by atoms with Crippen LogP contribution in [0.5, 0.6) is 0 Å². The predicted octanol–water partition coefficient (Wildman–Crippen LogP) is 15.5. The summed E-state index contributed by atoms with van der Waals surface area (Å²) in [4.78, 5) is 11.9. The summed E-state index contributed by atoms with van der Waals surface area (Å²) in [7, 11) is 0. The fraction of sp³-hybridized carbons (Fsp3) is 0.978. The van der Waals surface area contributed by atoms with Crippen molar-refractivity contribution in [1.82, 2.24) is 0 Å². The van der Waals surface area contributed by atoms with Crippen LogP contribution in [-0.4, -0.2) is 24.3 Å². The van der Waals surface area contributed by atoms with Crippen LogP contribution in [0.4, 0.5) is 0 Å². The molecule has 0 rings (SSSR count). The molecule has 48 heavy (non-hydrogen) atoms. The van der Waals surface area contributed by atoms with Crippen molar-refractivity contribution in [2.75, 3.05) is 13.2 Å². The van der Waals surface area contributed by atoms with E-state index in [-0.39, 0.29) is 5.97 Å². The molecule has 1 N–H and O–H groups in total. The van der Waals surface area contributed by atoms with Gasteiger partial charge in [0.25, 0.3) is 0 Å². The highest BCUT2D eigenvalue weighted by molar-refractivity contribution is 5.69. The lowest BCUT2D eigenvalue weighted by molar-refractivity contribution is -0.143. The number of aliphatic hydroxyl groups is 1. The van der Waals surface area contributed by atoms with Crippen molar-refractivity contribution in [2.45, 2.75) is 270 Å². The summed E-state index contributed by atoms with van der Waals surface area (Å²) >= 11 is 0. The van der Waals surface area contributed by atoms with Gasteiger partial charge < -0.3 is 9.84 Å². The zero-order valence-corrected chi connectivity index (χ0v) is 33.2. The Labute approximate surface area is 303 Å². The van der Waals surface area contributed by atoms with Crippen molar-refractivity contribution < 1.29 is 14.6 Å². The van der Waals surface area contributed by atoms with Gasteiger partial charge in [-0.3, -0.25) is 4.79 Å². The zero-order valence-electron chi connectivity index (χ0n) is 33.2. The first-order chi connectivity index (χ1) is 23.8. The van der Waals surface area contributed by atoms with Gasteiger partial charge in [-0.05, 0) is 19.3 Å². The normalized spacial score (nSPS) is 11.5. The molecular weight excluding hydrogens is 588 g/mol. The van der Waals surface area contributed by atoms with Gasteiger partial charge in [0.15, 0.2) is 0 Å². The third kappa shape index (κ3) is 43.5. The lowest BCUT2D eigenvalue weighted by Crippen LogP contribution is -2.05. The second-order valence-corrected chi connectivity index (χ2v) is 15.5. The molecule has 0 aromatic heterocycles. The average Bonchev–Trinajstić information content (AvgIpc) is 3.09. The van der Waals surface area contributed by atoms with Crippen LogP contribution >= 0.6 is 0 Å². The number of aliphatic hydroxyl groups excluding tert-OH is 1. The second-order valence-electron chi connectivity index (χ2n) is 15.5. The molecule has 0 spiro atoms. The summed E-state index contributed by atoms with van der Waals surface area (Å²) in [6, 6.07) is 0. The van der Waals surface area contributed by atoms with E-state index in [2.05, 4.69) is 6.92 Å². The summed E-state index contributed by atoms with van der Waals surface area (Å²) in [6.07, 6.45) is 55.2. The number of rotatable bonds is 43. The second kappa shape index (κ2) is 44.5. The van der Waals surface area contributed by atoms with Crippen molar-refractivity contribution in [3.05, 3.63) is 0 Å². The highest BCUT2D eigenvalue weighted by Crippen LogP contribution is 2.17. The topological polar surface area (TPSA) is 46.5 Å². The Morgan fingerprint density at radius 3 is 0.833 bits per heavy atom. The summed E-state index contributed by atoms with van der Waals surface area (Å²) in [5, 5.41) is 8.80. The van der Waals surface area contributed by atoms with E-state index in [1.807, 2.05) is 0 Å². The van der Waals surface area contributed by atoms with Crippen molar-refractivity contribution in [2.24, 2.45) is 0 Å². The molecule has 288 valence electrons. The average molecular weight is 679 g/mol. The van der Waals surface area contributed by atoms with Crippen molar-refractivity contribution in [1.29, 1.82) is 0 Å². The Morgan fingerprint density at radius 1 is 0.333 bits per heavy atom. The number of hydrogen-bond donors (Lipinski definition) is 1. The molecule has 3 nitrogen and oxygen atoms in total. The molecule has 0 aliphatic rings. The van der Waals surface area contributed by atoms with Gasteiger partial charge in [-0.25, -0.2) is 0 Å². The van der Waals surface area contributed by atoms with E-state index in [1.54, 1.807) is 0 Å². The molecule has 0 saturated carbocycles. The first-order valence-electron chi connectivity index (χ1n) is 22.6. The van der Waals surface area contributed by atoms with Crippen LogP contribution in [0.15, 0.2) is 0 Å². The Bertz CT molecular complexity index is 577. The Balaban J connectivity index is 3.10. The first-order valence-corrected chi connectivity index (χ1v) is 22.6. The predicted molar refractivity (Wildman–Crippen MR) is 213 cm³/mol. The van der Waals surface area contributed by atoms with E-state index in [9.17, 15) is 4.79 Å². The lowest BCUT2D eigenvalue weighted by Gasteiger charge is -2.06. The van der Waals surface area contributed by atoms with E-state index >= 15 is 0 Å². The molecule has 0 unspecified atom stereocenters. The minimum atomic E-state index is 0.0235. The maximum absolute atomic E-state index is 11.9. The minimum absolute atomic E-state index is 0.0235. The SMILES string of the molecule is CCCCCCCCCCCC(=O)OCCCCCCCCCCCCCCCCCCCCCCCCCCCCCCCCCO. The maximum Gasteiger partial charge on any atom is 0.305 e. The summed E-state index contributed by atoms with van der Waals surface area (Å²) in [5.74, 6) is 0.0235. The third-order valence-corrected chi connectivity index (χ3v) is 10.5. The number of esters is 1. The standard InChI is InChI=1S/C45H90O3/c1-2-3-4-5-6-30-33-36-39-42-45(47)48-44-41-38-35-32-29-27-25-23-21-19-17-15-13-11-9-7-8-10-12-14-16-18-20-22-24-26-28-31-34-37-40-43-46/h46H,2-44H2,1H3. The Morgan fingerprint density at radius 2 is 0.562 bits per heavy atom. The molecule has 0 amide bonds. The van der Waals surface area contributed by atoms with Crippen molar-refractivity contribution >= 4 is 5.97 Å². The molecule has 0 heterocycles. The highest BCUT2D eigenvalue weighted by atomic mass is 16.5. The van der Waals surface area contributed by atoms with Gasteiger partial charge in [-0.2, -0.15) is 0 Å². The van der Waals surface area contributed by atoms with Crippen LogP contribution < -0.4 is 0 Å². The third-order valence-electron chi connectivity index (χ3n) is 10.5. The molecule has 0 aliphatic heterocycles. The van der Waals surface area contributed by atoms with Crippen LogP contribution in [0.2, 0.25) is 0 Å². The molecule has 0 bridgehead atoms. The smallest absolute Gasteiger partial charge is 0.305 e. The van der Waals surface area contributed by atoms with E-state index in [1.165, 1.54) is 238 Å². The van der Waals surface area contributed by atoms with Crippen molar-refractivity contribution in [3.8, 4) is 0 Å². The van der Waals surface area contributed by atoms with Gasteiger partial charge >= 0.3 is 5.97 Å². The fourth-order valence-electron chi connectivity index (χ4n) is 7.18. The number of hydrogen-bond acceptors (Lipinski definition) is 3. The number of carbonyl (C=O) groups excluding carboxylic acids is 1. The Hall–Kier alpha value is -0.570. The molecular formula is C45H90O3. The van der Waals surface area contributed by atoms with Crippen molar-refractivity contribution in [3.63, 3.8) is 0 Å². The first kappa shape index (κ1) is 47.4. The molecule has 0 saturated heterocycles. The number of ether oxygens (including phenoxy) is 1. The number of unbranched alkanes of at least 4 members (excludes halogenated alkanes) is 38. The lowest BCUT2D eigenvalue weighted by atomic mass is 10.0. The van der Waals surface area contributed by atoms with Crippen LogP contribution in [0.3, 0.4) is 0 Å². The Kier molecular flexibility index (Phi) is 43.9. The number of carbonyl (C=O) groups is 1. The van der Waals surface area contributed by atoms with Gasteiger partial charge in [0.2, 0.25) is 0 Å². The molecule has 0 fully saturated rings. The fourth-order valence-corrected chi connectivity index (χ4v) is 7.18. The van der Waals surface area contributed by atoms with E-state index in [4.69, 9.17) is 9.84 Å². The molecule has 0 atom stereocenters. The van der Waals surface area contributed by atoms with E-state index in [0.29, 0.717) is 19.6 Å². The van der Waals surface area contributed by atoms with Gasteiger partial charge in [0, 0.05) is 13.0 Å². The summed E-state index contributed by atoms with van der Waals surface area (Å²) < 4.78 is 5.44. The summed E-state index contributed by atoms with van der Waals surface area (Å²) in [5.41, 5.74) is 0. The van der Waals surface area contributed by atoms with Gasteiger partial charge in [-0.15, -0.1) is 0 Å². The molecule has 0 aromatic rings. The van der Waals surface area contributed by atoms with E-state index in [0.717, 1.165) is 19.3 Å². The van der Waals surface area contributed by atoms with Gasteiger partial charge in [-0.1, -0.05) is 244 Å². The molecule has 3 heteroatoms. The zero-order chi connectivity index (χ0) is 34.7. The monoisotopic (exact) mass is 679 g/mol. The van der Waals surface area contributed by atoms with Crippen LogP contribution in [-0.2, 0) is 9.53 Å². The summed E-state index contributed by atoms with van der Waals surface area (Å²) in [6.45, 7) is 3.27. The molecule has 0 radical (unpaired) electrons. The van der Waals surface area contributed by atoms with Gasteiger partial charge in [0.1, 0.15) is 0 Å². The van der Waals surface area contributed by atoms with Crippen LogP contribution in [0.1, 0.15) is 270 Å². The quantitative estimate of drug-likeness (QED) is 0.0516. The molecule has 0 aliphatic carbocycles. The maximum atomic E-state index is 11.9. The largest absolute Gasteiger partial charge is 0.466 e. The highest BCUT2D eigenvalue weighted by Gasteiger charge is 2.03. The van der Waals surface area contributed by atoms with Gasteiger partial charge in [0.05, 0.1) is 6.61 Å². The van der Waals surface area contributed by atoms with Crippen LogP contribution in [0, 0.1) is 0 Å². The molecule has 0 aromatic carbocycles. The minimum Gasteiger partial charge on any atom is -0.466 e.